The molecule has 0 spiro atoms. The second-order valence-corrected chi connectivity index (χ2v) is 9.10. The van der Waals surface area contributed by atoms with Crippen molar-refractivity contribution in [3.8, 4) is 0 Å². The monoisotopic (exact) mass is 482 g/mol. The van der Waals surface area contributed by atoms with Crippen molar-refractivity contribution in [1.82, 2.24) is 14.1 Å². The zero-order chi connectivity index (χ0) is 24.1. The Bertz CT molecular complexity index is 1280. The van der Waals surface area contributed by atoms with Crippen LogP contribution in [-0.4, -0.2) is 38.0 Å². The molecule has 3 aromatic rings. The number of aromatic nitrogens is 3. The molecule has 0 unspecified atom stereocenters. The second-order valence-electron chi connectivity index (χ2n) is 8.84. The number of hydrogen-bond donors (Lipinski definition) is 0. The molecule has 1 aliphatic rings. The summed E-state index contributed by atoms with van der Waals surface area (Å²) in [6, 6.07) is 6.06. The predicted molar refractivity (Wildman–Crippen MR) is 118 cm³/mol. The van der Waals surface area contributed by atoms with Gasteiger partial charge in [-0.25, -0.2) is 9.78 Å². The summed E-state index contributed by atoms with van der Waals surface area (Å²) in [5.74, 6) is -0.208. The Morgan fingerprint density at radius 3 is 2.58 bits per heavy atom. The van der Waals surface area contributed by atoms with E-state index in [2.05, 4.69) is 4.98 Å². The number of ether oxygens (including phenoxy) is 1. The Balaban J connectivity index is 1.81. The number of carbonyl (C=O) groups is 1. The number of nitrogens with zero attached hydrogens (tertiary/aromatic N) is 4. The van der Waals surface area contributed by atoms with E-state index in [0.717, 1.165) is 15.5 Å². The number of benzene rings is 1. The minimum Gasteiger partial charge on any atom is -0.443 e. The maximum Gasteiger partial charge on any atom is 0.419 e. The van der Waals surface area contributed by atoms with Gasteiger partial charge in [-0.05, 0) is 32.4 Å². The standard InChI is InChI=1S/C22H22ClF3N4O3/c1-21(2,3)33-20(32)28-10-13(15-6-4-5-7-16(15)28)11-29-17(22(24,25)26)12-30-18(31)8-14(9-23)27-19(29)30/h4-8,10,17H,9,11-12H2,1-3H3/t17-/m0/s1. The number of halogens is 4. The molecule has 0 amide bonds. The third-order valence-corrected chi connectivity index (χ3v) is 5.54. The molecule has 1 aliphatic heterocycles. The van der Waals surface area contributed by atoms with E-state index in [0.29, 0.717) is 16.5 Å². The van der Waals surface area contributed by atoms with Crippen LogP contribution in [0.5, 0.6) is 0 Å². The van der Waals surface area contributed by atoms with E-state index >= 15 is 0 Å². The highest BCUT2D eigenvalue weighted by Crippen LogP contribution is 2.36. The first kappa shape index (κ1) is 23.2. The molecule has 0 aliphatic carbocycles. The molecular weight excluding hydrogens is 461 g/mol. The van der Waals surface area contributed by atoms with Crippen molar-refractivity contribution in [3.05, 3.63) is 58.1 Å². The predicted octanol–water partition coefficient (Wildman–Crippen LogP) is 4.67. The van der Waals surface area contributed by atoms with E-state index in [9.17, 15) is 22.8 Å². The lowest BCUT2D eigenvalue weighted by molar-refractivity contribution is -0.149. The second kappa shape index (κ2) is 8.09. The summed E-state index contributed by atoms with van der Waals surface area (Å²) in [5, 5.41) is 0.596. The summed E-state index contributed by atoms with van der Waals surface area (Å²) in [6.07, 6.45) is -3.78. The maximum atomic E-state index is 13.9. The van der Waals surface area contributed by atoms with Gasteiger partial charge in [-0.3, -0.25) is 13.9 Å². The number of hydrogen-bond acceptors (Lipinski definition) is 5. The zero-order valence-corrected chi connectivity index (χ0v) is 18.9. The number of carbonyl (C=O) groups excluding carboxylic acids is 1. The van der Waals surface area contributed by atoms with Crippen LogP contribution in [0, 0.1) is 0 Å². The van der Waals surface area contributed by atoms with Crippen LogP contribution in [0.25, 0.3) is 10.9 Å². The van der Waals surface area contributed by atoms with Crippen molar-refractivity contribution >= 4 is 34.5 Å². The van der Waals surface area contributed by atoms with Crippen molar-refractivity contribution in [2.45, 2.75) is 57.6 Å². The fourth-order valence-corrected chi connectivity index (χ4v) is 4.03. The summed E-state index contributed by atoms with van der Waals surface area (Å²) in [5.41, 5.74) is -0.185. The van der Waals surface area contributed by atoms with Crippen LogP contribution in [0.1, 0.15) is 32.0 Å². The van der Waals surface area contributed by atoms with E-state index < -0.39 is 36.0 Å². The lowest BCUT2D eigenvalue weighted by Gasteiger charge is -2.26. The minimum atomic E-state index is -4.61. The number of para-hydroxylation sites is 1. The SMILES string of the molecule is CC(C)(C)OC(=O)n1cc(CN2c3nc(CCl)cc(=O)n3C[C@H]2C(F)(F)F)c2ccccc21. The van der Waals surface area contributed by atoms with Gasteiger partial charge in [0.05, 0.1) is 23.6 Å². The van der Waals surface area contributed by atoms with Gasteiger partial charge in [-0.1, -0.05) is 18.2 Å². The van der Waals surface area contributed by atoms with Crippen molar-refractivity contribution in [3.63, 3.8) is 0 Å². The van der Waals surface area contributed by atoms with Gasteiger partial charge in [-0.2, -0.15) is 13.2 Å². The molecule has 7 nitrogen and oxygen atoms in total. The number of fused-ring (bicyclic) bond motifs is 2. The third kappa shape index (κ3) is 4.44. The molecule has 33 heavy (non-hydrogen) atoms. The molecule has 2 aromatic heterocycles. The minimum absolute atomic E-state index is 0.102. The first-order chi connectivity index (χ1) is 15.4. The largest absolute Gasteiger partial charge is 0.443 e. The molecular formula is C22H22ClF3N4O3. The molecule has 11 heteroatoms. The van der Waals surface area contributed by atoms with Gasteiger partial charge in [0.25, 0.3) is 5.56 Å². The molecule has 4 rings (SSSR count). The molecule has 0 N–H and O–H groups in total. The summed E-state index contributed by atoms with van der Waals surface area (Å²) in [6.45, 7) is 4.38. The van der Waals surface area contributed by atoms with Gasteiger partial charge in [-0.15, -0.1) is 11.6 Å². The summed E-state index contributed by atoms with van der Waals surface area (Å²) in [4.78, 5) is 30.4. The molecule has 0 saturated heterocycles. The fourth-order valence-electron chi connectivity index (χ4n) is 3.89. The van der Waals surface area contributed by atoms with E-state index in [1.807, 2.05) is 0 Å². The smallest absolute Gasteiger partial charge is 0.419 e. The van der Waals surface area contributed by atoms with E-state index in [-0.39, 0.29) is 24.1 Å². The van der Waals surface area contributed by atoms with Crippen molar-refractivity contribution in [1.29, 1.82) is 0 Å². The Labute approximate surface area is 192 Å². The average Bonchev–Trinajstić information content (AvgIpc) is 3.26. The lowest BCUT2D eigenvalue weighted by atomic mass is 10.1. The van der Waals surface area contributed by atoms with E-state index in [1.54, 1.807) is 45.0 Å². The Morgan fingerprint density at radius 1 is 1.24 bits per heavy atom. The van der Waals surface area contributed by atoms with Gasteiger partial charge >= 0.3 is 12.3 Å². The Morgan fingerprint density at radius 2 is 1.94 bits per heavy atom. The van der Waals surface area contributed by atoms with Crippen LogP contribution in [0.15, 0.2) is 41.3 Å². The number of anilines is 1. The van der Waals surface area contributed by atoms with Crippen LogP contribution < -0.4 is 10.5 Å². The van der Waals surface area contributed by atoms with Crippen LogP contribution in [0.4, 0.5) is 23.9 Å². The van der Waals surface area contributed by atoms with Crippen LogP contribution in [-0.2, 0) is 23.7 Å². The molecule has 176 valence electrons. The van der Waals surface area contributed by atoms with Crippen LogP contribution >= 0.6 is 11.6 Å². The summed E-state index contributed by atoms with van der Waals surface area (Å²) >= 11 is 5.80. The number of alkyl halides is 4. The van der Waals surface area contributed by atoms with Gasteiger partial charge in [0, 0.05) is 24.2 Å². The molecule has 0 radical (unpaired) electrons. The van der Waals surface area contributed by atoms with E-state index in [4.69, 9.17) is 16.3 Å². The highest BCUT2D eigenvalue weighted by Gasteiger charge is 2.49. The molecule has 0 bridgehead atoms. The molecule has 0 fully saturated rings. The van der Waals surface area contributed by atoms with Gasteiger partial charge in [0.2, 0.25) is 5.95 Å². The Kier molecular flexibility index (Phi) is 5.68. The summed E-state index contributed by atoms with van der Waals surface area (Å²) < 4.78 is 49.5. The van der Waals surface area contributed by atoms with Crippen molar-refractivity contribution in [2.24, 2.45) is 0 Å². The molecule has 0 saturated carbocycles. The topological polar surface area (TPSA) is 69.4 Å². The average molecular weight is 483 g/mol. The maximum absolute atomic E-state index is 13.9. The fraction of sp³-hybridized carbons (Fsp3) is 0.409. The van der Waals surface area contributed by atoms with Crippen molar-refractivity contribution < 1.29 is 22.7 Å². The molecule has 1 aromatic carbocycles. The quantitative estimate of drug-likeness (QED) is 0.507. The molecule has 1 atom stereocenters. The van der Waals surface area contributed by atoms with Gasteiger partial charge in [0.1, 0.15) is 11.6 Å². The zero-order valence-electron chi connectivity index (χ0n) is 18.2. The third-order valence-electron chi connectivity index (χ3n) is 5.27. The normalized spacial score (nSPS) is 16.3. The van der Waals surface area contributed by atoms with Crippen LogP contribution in [0.3, 0.4) is 0 Å². The van der Waals surface area contributed by atoms with Crippen LogP contribution in [0.2, 0.25) is 0 Å². The summed E-state index contributed by atoms with van der Waals surface area (Å²) in [7, 11) is 0. The Hall–Kier alpha value is -3.01. The first-order valence-corrected chi connectivity index (χ1v) is 10.7. The van der Waals surface area contributed by atoms with Crippen molar-refractivity contribution in [2.75, 3.05) is 4.90 Å². The first-order valence-electron chi connectivity index (χ1n) is 10.2. The highest BCUT2D eigenvalue weighted by atomic mass is 35.5. The molecule has 3 heterocycles. The van der Waals surface area contributed by atoms with E-state index in [1.165, 1.54) is 10.8 Å². The lowest BCUT2D eigenvalue weighted by Crippen LogP contribution is -2.43. The van der Waals surface area contributed by atoms with Gasteiger partial charge in [0.15, 0.2) is 0 Å². The number of rotatable bonds is 3. The van der Waals surface area contributed by atoms with Gasteiger partial charge < -0.3 is 9.64 Å². The highest BCUT2D eigenvalue weighted by molar-refractivity contribution is 6.16.